The van der Waals surface area contributed by atoms with Crippen LogP contribution < -0.4 is 5.32 Å². The van der Waals surface area contributed by atoms with E-state index in [1.54, 1.807) is 11.3 Å². The summed E-state index contributed by atoms with van der Waals surface area (Å²) in [6.07, 6.45) is 4.07. The van der Waals surface area contributed by atoms with Gasteiger partial charge in [-0.2, -0.15) is 0 Å². The molecule has 0 radical (unpaired) electrons. The van der Waals surface area contributed by atoms with Gasteiger partial charge in [-0.25, -0.2) is 0 Å². The lowest BCUT2D eigenvalue weighted by molar-refractivity contribution is -0.0288. The van der Waals surface area contributed by atoms with Gasteiger partial charge in [0.1, 0.15) is 0 Å². The zero-order valence-corrected chi connectivity index (χ0v) is 13.9. The molecule has 18 heavy (non-hydrogen) atoms. The Labute approximate surface area is 126 Å². The average Bonchev–Trinajstić information content (AvgIpc) is 2.62. The lowest BCUT2D eigenvalue weighted by Gasteiger charge is -2.36. The fourth-order valence-corrected chi connectivity index (χ4v) is 4.35. The van der Waals surface area contributed by atoms with Crippen LogP contribution in [0.3, 0.4) is 0 Å². The van der Waals surface area contributed by atoms with Gasteiger partial charge >= 0.3 is 0 Å². The highest BCUT2D eigenvalue weighted by molar-refractivity contribution is 9.11. The minimum Gasteiger partial charge on any atom is -0.378 e. The Hall–Kier alpha value is 0.390. The maximum Gasteiger partial charge on any atom is 0.0887 e. The Morgan fingerprint density at radius 1 is 1.61 bits per heavy atom. The highest BCUT2D eigenvalue weighted by Crippen LogP contribution is 2.41. The van der Waals surface area contributed by atoms with Gasteiger partial charge in [0.15, 0.2) is 0 Å². The van der Waals surface area contributed by atoms with Crippen molar-refractivity contribution in [3.63, 3.8) is 0 Å². The summed E-state index contributed by atoms with van der Waals surface area (Å²) in [4.78, 5) is 1.31. The summed E-state index contributed by atoms with van der Waals surface area (Å²) in [6.45, 7) is 2.90. The molecule has 0 amide bonds. The molecule has 1 aliphatic rings. The molecule has 0 aromatic carbocycles. The number of halogens is 2. The van der Waals surface area contributed by atoms with Crippen LogP contribution in [0.15, 0.2) is 9.85 Å². The van der Waals surface area contributed by atoms with Gasteiger partial charge in [-0.3, -0.25) is 0 Å². The van der Waals surface area contributed by atoms with Crippen LogP contribution in [0.4, 0.5) is 0 Å². The molecule has 5 heteroatoms. The average molecular weight is 353 g/mol. The van der Waals surface area contributed by atoms with Crippen LogP contribution in [0.1, 0.15) is 37.1 Å². The van der Waals surface area contributed by atoms with E-state index in [0.29, 0.717) is 12.1 Å². The maximum absolute atomic E-state index is 6.10. The van der Waals surface area contributed by atoms with Crippen LogP contribution in [0.25, 0.3) is 0 Å². The Bertz CT molecular complexity index is 373. The molecule has 1 unspecified atom stereocenters. The molecule has 2 rings (SSSR count). The molecule has 2 nitrogen and oxygen atoms in total. The summed E-state index contributed by atoms with van der Waals surface area (Å²) < 4.78 is 6.63. The molecule has 1 aliphatic carbocycles. The summed E-state index contributed by atoms with van der Waals surface area (Å²) >= 11 is 11.3. The first kappa shape index (κ1) is 14.8. The van der Waals surface area contributed by atoms with Crippen LogP contribution in [0.5, 0.6) is 0 Å². The van der Waals surface area contributed by atoms with Gasteiger partial charge in [-0.15, -0.1) is 11.3 Å². The van der Waals surface area contributed by atoms with E-state index < -0.39 is 0 Å². The van der Waals surface area contributed by atoms with E-state index in [-0.39, 0.29) is 0 Å². The number of hydrogen-bond donors (Lipinski definition) is 1. The first-order chi connectivity index (χ1) is 8.63. The number of thiophene rings is 1. The molecule has 1 atom stereocenters. The summed E-state index contributed by atoms with van der Waals surface area (Å²) in [5.41, 5.74) is 0. The van der Waals surface area contributed by atoms with Crippen molar-refractivity contribution in [3.05, 3.63) is 19.8 Å². The van der Waals surface area contributed by atoms with Crippen LogP contribution >= 0.6 is 38.9 Å². The quantitative estimate of drug-likeness (QED) is 0.806. The lowest BCUT2D eigenvalue weighted by Crippen LogP contribution is -2.34. The van der Waals surface area contributed by atoms with Crippen molar-refractivity contribution in [1.82, 2.24) is 5.32 Å². The smallest absolute Gasteiger partial charge is 0.0887 e. The van der Waals surface area contributed by atoms with Gasteiger partial charge < -0.3 is 10.1 Å². The molecule has 0 bridgehead atoms. The van der Waals surface area contributed by atoms with Crippen LogP contribution in [0, 0.1) is 5.92 Å². The molecular weight excluding hydrogens is 334 g/mol. The minimum absolute atomic E-state index is 0.409. The third kappa shape index (κ3) is 3.48. The van der Waals surface area contributed by atoms with Crippen LogP contribution in [-0.4, -0.2) is 19.8 Å². The lowest BCUT2D eigenvalue weighted by atomic mass is 9.78. The third-order valence-electron chi connectivity index (χ3n) is 3.52. The third-order valence-corrected chi connectivity index (χ3v) is 6.11. The summed E-state index contributed by atoms with van der Waals surface area (Å²) in [6, 6.07) is 2.47. The molecule has 1 saturated carbocycles. The van der Waals surface area contributed by atoms with Gasteiger partial charge in [0.05, 0.1) is 14.9 Å². The highest BCUT2D eigenvalue weighted by Gasteiger charge is 2.31. The molecule has 1 heterocycles. The van der Waals surface area contributed by atoms with E-state index in [1.807, 2.05) is 7.05 Å². The SMILES string of the molecule is CCOC1CC(CC(NC)c2cc(Cl)c(Br)s2)C1. The Balaban J connectivity index is 1.87. The molecule has 102 valence electrons. The number of nitrogens with one attached hydrogen (secondary N) is 1. The molecule has 0 spiro atoms. The van der Waals surface area contributed by atoms with E-state index >= 15 is 0 Å². The summed E-state index contributed by atoms with van der Waals surface area (Å²) in [7, 11) is 2.02. The van der Waals surface area contributed by atoms with Crippen LogP contribution in [-0.2, 0) is 4.74 Å². The molecule has 1 N–H and O–H groups in total. The van der Waals surface area contributed by atoms with Crippen molar-refractivity contribution in [1.29, 1.82) is 0 Å². The molecule has 0 aliphatic heterocycles. The first-order valence-electron chi connectivity index (χ1n) is 6.37. The number of hydrogen-bond acceptors (Lipinski definition) is 3. The van der Waals surface area contributed by atoms with Gasteiger partial charge in [0.25, 0.3) is 0 Å². The predicted octanol–water partition coefficient (Wildman–Crippen LogP) is 4.63. The normalized spacial score (nSPS) is 24.9. The van der Waals surface area contributed by atoms with Gasteiger partial charge in [-0.05, 0) is 61.1 Å². The number of ether oxygens (including phenoxy) is 1. The highest BCUT2D eigenvalue weighted by atomic mass is 79.9. The zero-order valence-electron chi connectivity index (χ0n) is 10.7. The van der Waals surface area contributed by atoms with Gasteiger partial charge in [-0.1, -0.05) is 11.6 Å². The topological polar surface area (TPSA) is 21.3 Å². The summed E-state index contributed by atoms with van der Waals surface area (Å²) in [5, 5.41) is 4.21. The van der Waals surface area contributed by atoms with Crippen molar-refractivity contribution < 1.29 is 4.74 Å². The molecule has 1 aromatic rings. The largest absolute Gasteiger partial charge is 0.378 e. The van der Waals surface area contributed by atoms with E-state index in [0.717, 1.165) is 21.3 Å². The van der Waals surface area contributed by atoms with Crippen molar-refractivity contribution in [3.8, 4) is 0 Å². The number of rotatable bonds is 6. The first-order valence-corrected chi connectivity index (χ1v) is 8.36. The van der Waals surface area contributed by atoms with E-state index in [9.17, 15) is 0 Å². The Morgan fingerprint density at radius 2 is 2.33 bits per heavy atom. The fraction of sp³-hybridized carbons (Fsp3) is 0.692. The fourth-order valence-electron chi connectivity index (χ4n) is 2.48. The second-order valence-electron chi connectivity index (χ2n) is 4.76. The van der Waals surface area contributed by atoms with Crippen molar-refractivity contribution in [2.75, 3.05) is 13.7 Å². The van der Waals surface area contributed by atoms with Gasteiger partial charge in [0.2, 0.25) is 0 Å². The van der Waals surface area contributed by atoms with E-state index in [4.69, 9.17) is 16.3 Å². The molecule has 1 aromatic heterocycles. The van der Waals surface area contributed by atoms with Crippen molar-refractivity contribution in [2.24, 2.45) is 5.92 Å². The molecule has 0 saturated heterocycles. The molecular formula is C13H19BrClNOS. The van der Waals surface area contributed by atoms with Crippen molar-refractivity contribution in [2.45, 2.75) is 38.3 Å². The standard InChI is InChI=1S/C13H19BrClNOS/c1-3-17-9-4-8(5-9)6-11(16-2)12-7-10(15)13(14)18-12/h7-9,11,16H,3-6H2,1-2H3. The summed E-state index contributed by atoms with van der Waals surface area (Å²) in [5.74, 6) is 0.777. The Kier molecular flexibility index (Phi) is 5.51. The van der Waals surface area contributed by atoms with E-state index in [1.165, 1.54) is 24.1 Å². The molecule has 1 fully saturated rings. The Morgan fingerprint density at radius 3 is 2.83 bits per heavy atom. The minimum atomic E-state index is 0.409. The van der Waals surface area contributed by atoms with Crippen LogP contribution in [0.2, 0.25) is 5.02 Å². The monoisotopic (exact) mass is 351 g/mol. The zero-order chi connectivity index (χ0) is 13.1. The van der Waals surface area contributed by atoms with E-state index in [2.05, 4.69) is 34.2 Å². The van der Waals surface area contributed by atoms with Crippen molar-refractivity contribution >= 4 is 38.9 Å². The second kappa shape index (κ2) is 6.71. The van der Waals surface area contributed by atoms with Gasteiger partial charge in [0, 0.05) is 17.5 Å². The second-order valence-corrected chi connectivity index (χ2v) is 7.57. The predicted molar refractivity (Wildman–Crippen MR) is 81.6 cm³/mol. The maximum atomic E-state index is 6.10.